The first-order valence-electron chi connectivity index (χ1n) is 4.12. The van der Waals surface area contributed by atoms with Crippen LogP contribution in [0.4, 0.5) is 5.69 Å². The van der Waals surface area contributed by atoms with E-state index in [4.69, 9.17) is 7.85 Å². The topological polar surface area (TPSA) is 32.3 Å². The summed E-state index contributed by atoms with van der Waals surface area (Å²) in [5.74, 6) is 0.268. The molecule has 2 nitrogen and oxygen atoms in total. The third-order valence-corrected chi connectivity index (χ3v) is 2.15. The highest BCUT2D eigenvalue weighted by atomic mass is 16.3. The minimum absolute atomic E-state index is 0.268. The van der Waals surface area contributed by atoms with E-state index in [2.05, 4.69) is 5.32 Å². The zero-order valence-electron chi connectivity index (χ0n) is 6.80. The molecule has 0 unspecified atom stereocenters. The molecule has 3 heteroatoms. The van der Waals surface area contributed by atoms with Crippen LogP contribution in [-0.4, -0.2) is 19.5 Å². The van der Waals surface area contributed by atoms with Crippen LogP contribution >= 0.6 is 0 Å². The Hall–Kier alpha value is -1.12. The molecule has 60 valence electrons. The number of aromatic hydroxyl groups is 1. The number of fused-ring (bicyclic) bond motifs is 1. The zero-order chi connectivity index (χ0) is 8.55. The van der Waals surface area contributed by atoms with Crippen LogP contribution in [-0.2, 0) is 6.42 Å². The minimum Gasteiger partial charge on any atom is -0.506 e. The van der Waals surface area contributed by atoms with Crippen molar-refractivity contribution in [3.63, 3.8) is 0 Å². The molecule has 2 N–H and O–H groups in total. The van der Waals surface area contributed by atoms with Crippen LogP contribution in [0.2, 0.25) is 0 Å². The highest BCUT2D eigenvalue weighted by Crippen LogP contribution is 2.29. The van der Waals surface area contributed by atoms with Gasteiger partial charge in [0.25, 0.3) is 0 Å². The number of aryl methyl sites for hydroxylation is 1. The molecule has 12 heavy (non-hydrogen) atoms. The SMILES string of the molecule is [B]c1cc(O)c2c(c1)CCCN2. The zero-order valence-corrected chi connectivity index (χ0v) is 6.80. The Morgan fingerprint density at radius 3 is 3.08 bits per heavy atom. The summed E-state index contributed by atoms with van der Waals surface area (Å²) in [6.45, 7) is 0.935. The van der Waals surface area contributed by atoms with Gasteiger partial charge < -0.3 is 10.4 Å². The lowest BCUT2D eigenvalue weighted by Gasteiger charge is -2.19. The molecule has 1 aliphatic rings. The molecule has 2 rings (SSSR count). The third kappa shape index (κ3) is 1.15. The van der Waals surface area contributed by atoms with Gasteiger partial charge in [-0.15, -0.1) is 0 Å². The number of rotatable bonds is 0. The molecule has 0 bridgehead atoms. The molecule has 1 aromatic rings. The lowest BCUT2D eigenvalue weighted by molar-refractivity contribution is 0.476. The van der Waals surface area contributed by atoms with E-state index in [1.165, 1.54) is 0 Å². The smallest absolute Gasteiger partial charge is 0.138 e. The molecule has 1 heterocycles. The number of hydrogen-bond donors (Lipinski definition) is 2. The summed E-state index contributed by atoms with van der Waals surface area (Å²) in [5.41, 5.74) is 2.61. The van der Waals surface area contributed by atoms with Gasteiger partial charge in [0, 0.05) is 6.54 Å². The fourth-order valence-corrected chi connectivity index (χ4v) is 1.60. The molecule has 0 fully saturated rings. The van der Waals surface area contributed by atoms with Gasteiger partial charge in [-0.2, -0.15) is 0 Å². The maximum atomic E-state index is 9.49. The maximum Gasteiger partial charge on any atom is 0.138 e. The van der Waals surface area contributed by atoms with E-state index in [-0.39, 0.29) is 5.75 Å². The molecule has 0 atom stereocenters. The monoisotopic (exact) mass is 159 g/mol. The second-order valence-corrected chi connectivity index (χ2v) is 3.10. The van der Waals surface area contributed by atoms with Crippen LogP contribution in [0.25, 0.3) is 0 Å². The molecule has 2 radical (unpaired) electrons. The van der Waals surface area contributed by atoms with E-state index in [1.54, 1.807) is 6.07 Å². The van der Waals surface area contributed by atoms with Crippen molar-refractivity contribution < 1.29 is 5.11 Å². The second kappa shape index (κ2) is 2.74. The van der Waals surface area contributed by atoms with Crippen LogP contribution < -0.4 is 10.8 Å². The van der Waals surface area contributed by atoms with E-state index in [0.717, 1.165) is 30.6 Å². The Bertz CT molecular complexity index is 312. The van der Waals surface area contributed by atoms with Crippen molar-refractivity contribution >= 4 is 19.0 Å². The van der Waals surface area contributed by atoms with Crippen molar-refractivity contribution in [1.82, 2.24) is 0 Å². The number of phenols is 1. The third-order valence-electron chi connectivity index (χ3n) is 2.15. The van der Waals surface area contributed by atoms with Crippen LogP contribution in [0.5, 0.6) is 5.75 Å². The van der Waals surface area contributed by atoms with Gasteiger partial charge in [0.1, 0.15) is 13.6 Å². The van der Waals surface area contributed by atoms with Crippen LogP contribution in [0.15, 0.2) is 12.1 Å². The summed E-state index contributed by atoms with van der Waals surface area (Å²) in [5, 5.41) is 12.6. The van der Waals surface area contributed by atoms with Crippen LogP contribution in [0.3, 0.4) is 0 Å². The number of phenolic OH excluding ortho intramolecular Hbond substituents is 1. The van der Waals surface area contributed by atoms with Gasteiger partial charge >= 0.3 is 0 Å². The van der Waals surface area contributed by atoms with E-state index < -0.39 is 0 Å². The Morgan fingerprint density at radius 2 is 2.25 bits per heavy atom. The van der Waals surface area contributed by atoms with E-state index >= 15 is 0 Å². The first-order chi connectivity index (χ1) is 5.77. The average molecular weight is 159 g/mol. The predicted octanol–water partition coefficient (Wildman–Crippen LogP) is 0.544. The Labute approximate surface area is 73.0 Å². The Morgan fingerprint density at radius 1 is 1.42 bits per heavy atom. The molecular formula is C9H10BNO. The maximum absolute atomic E-state index is 9.49. The summed E-state index contributed by atoms with van der Waals surface area (Å²) in [6.07, 6.45) is 2.11. The summed E-state index contributed by atoms with van der Waals surface area (Å²) < 4.78 is 0. The van der Waals surface area contributed by atoms with Crippen LogP contribution in [0.1, 0.15) is 12.0 Å². The summed E-state index contributed by atoms with van der Waals surface area (Å²) in [4.78, 5) is 0. The normalized spacial score (nSPS) is 15.0. The number of benzene rings is 1. The van der Waals surface area contributed by atoms with Crippen molar-refractivity contribution in [2.45, 2.75) is 12.8 Å². The Kier molecular flexibility index (Phi) is 1.72. The molecule has 1 aromatic carbocycles. The number of nitrogens with one attached hydrogen (secondary N) is 1. The summed E-state index contributed by atoms with van der Waals surface area (Å²) >= 11 is 0. The Balaban J connectivity index is 2.53. The first-order valence-corrected chi connectivity index (χ1v) is 4.12. The average Bonchev–Trinajstić information content (AvgIpc) is 2.04. The van der Waals surface area contributed by atoms with Gasteiger partial charge in [0.15, 0.2) is 0 Å². The van der Waals surface area contributed by atoms with Crippen molar-refractivity contribution in [1.29, 1.82) is 0 Å². The van der Waals surface area contributed by atoms with Gasteiger partial charge in [-0.3, -0.25) is 0 Å². The van der Waals surface area contributed by atoms with E-state index in [9.17, 15) is 5.11 Å². The molecule has 0 aliphatic carbocycles. The van der Waals surface area contributed by atoms with Crippen LogP contribution in [0, 0.1) is 0 Å². The molecule has 0 saturated heterocycles. The van der Waals surface area contributed by atoms with Gasteiger partial charge in [-0.05, 0) is 24.5 Å². The lowest BCUT2D eigenvalue weighted by Crippen LogP contribution is -2.15. The minimum atomic E-state index is 0.268. The fraction of sp³-hybridized carbons (Fsp3) is 0.333. The molecule has 1 aliphatic heterocycles. The molecular weight excluding hydrogens is 149 g/mol. The van der Waals surface area contributed by atoms with Crippen molar-refractivity contribution in [2.24, 2.45) is 0 Å². The van der Waals surface area contributed by atoms with E-state index in [1.807, 2.05) is 6.07 Å². The molecule has 0 amide bonds. The highest BCUT2D eigenvalue weighted by Gasteiger charge is 2.11. The van der Waals surface area contributed by atoms with E-state index in [0.29, 0.717) is 5.46 Å². The predicted molar refractivity (Wildman–Crippen MR) is 50.3 cm³/mol. The largest absolute Gasteiger partial charge is 0.506 e. The summed E-state index contributed by atoms with van der Waals surface area (Å²) in [6, 6.07) is 3.50. The molecule has 0 saturated carbocycles. The number of anilines is 1. The number of hydrogen-bond acceptors (Lipinski definition) is 2. The molecule has 0 spiro atoms. The van der Waals surface area contributed by atoms with Crippen molar-refractivity contribution in [3.8, 4) is 5.75 Å². The molecule has 0 aromatic heterocycles. The van der Waals surface area contributed by atoms with Gasteiger partial charge in [-0.1, -0.05) is 11.5 Å². The second-order valence-electron chi connectivity index (χ2n) is 3.10. The van der Waals surface area contributed by atoms with Gasteiger partial charge in [-0.25, -0.2) is 0 Å². The first kappa shape index (κ1) is 7.53. The van der Waals surface area contributed by atoms with Crippen molar-refractivity contribution in [3.05, 3.63) is 17.7 Å². The van der Waals surface area contributed by atoms with Crippen molar-refractivity contribution in [2.75, 3.05) is 11.9 Å². The summed E-state index contributed by atoms with van der Waals surface area (Å²) in [7, 11) is 5.59. The van der Waals surface area contributed by atoms with Gasteiger partial charge in [0.2, 0.25) is 0 Å². The fourth-order valence-electron chi connectivity index (χ4n) is 1.60. The quantitative estimate of drug-likeness (QED) is 0.427. The highest BCUT2D eigenvalue weighted by molar-refractivity contribution is 6.32. The lowest BCUT2D eigenvalue weighted by atomic mass is 9.90. The van der Waals surface area contributed by atoms with Gasteiger partial charge in [0.05, 0.1) is 5.69 Å². The standard InChI is InChI=1S/C9H10BNO/c10-7-4-6-2-1-3-11-9(6)8(12)5-7/h4-5,11-12H,1-3H2.